The van der Waals surface area contributed by atoms with Gasteiger partial charge in [-0.1, -0.05) is 6.07 Å². The first kappa shape index (κ1) is 15.7. The van der Waals surface area contributed by atoms with Gasteiger partial charge in [0.25, 0.3) is 0 Å². The van der Waals surface area contributed by atoms with Gasteiger partial charge in [-0.15, -0.1) is 0 Å². The first-order chi connectivity index (χ1) is 11.5. The summed E-state index contributed by atoms with van der Waals surface area (Å²) in [5.41, 5.74) is 2.33. The molecule has 3 rings (SSSR count). The third kappa shape index (κ3) is 3.60. The van der Waals surface area contributed by atoms with Crippen molar-refractivity contribution in [3.63, 3.8) is 0 Å². The second kappa shape index (κ2) is 6.54. The Morgan fingerprint density at radius 2 is 2.00 bits per heavy atom. The topological polar surface area (TPSA) is 84.2 Å². The number of aromatic nitrogens is 1. The molecule has 0 bridgehead atoms. The van der Waals surface area contributed by atoms with Gasteiger partial charge in [-0.25, -0.2) is 9.78 Å². The van der Waals surface area contributed by atoms with Crippen LogP contribution in [0.4, 0.5) is 11.5 Å². The summed E-state index contributed by atoms with van der Waals surface area (Å²) in [6.07, 6.45) is 0. The van der Waals surface area contributed by atoms with Crippen molar-refractivity contribution < 1.29 is 9.21 Å². The van der Waals surface area contributed by atoms with Crippen LogP contribution in [0.1, 0.15) is 11.3 Å². The highest BCUT2D eigenvalue weighted by atomic mass is 16.4. The average Bonchev–Trinajstić information content (AvgIpc) is 2.52. The van der Waals surface area contributed by atoms with E-state index in [-0.39, 0.29) is 12.5 Å². The molecule has 0 aliphatic rings. The van der Waals surface area contributed by atoms with Crippen LogP contribution in [0.15, 0.2) is 51.7 Å². The summed E-state index contributed by atoms with van der Waals surface area (Å²) < 4.78 is 5.17. The summed E-state index contributed by atoms with van der Waals surface area (Å²) in [6, 6.07) is 12.2. The number of hydrogen-bond acceptors (Lipinski definition) is 5. The fraction of sp³-hybridized carbons (Fsp3) is 0.167. The van der Waals surface area contributed by atoms with Crippen molar-refractivity contribution in [3.8, 4) is 0 Å². The molecule has 24 heavy (non-hydrogen) atoms. The maximum atomic E-state index is 12.0. The second-order valence-electron chi connectivity index (χ2n) is 5.53. The Labute approximate surface area is 138 Å². The third-order valence-corrected chi connectivity index (χ3v) is 3.55. The van der Waals surface area contributed by atoms with Crippen LogP contribution in [0.5, 0.6) is 0 Å². The molecule has 6 nitrogen and oxygen atoms in total. The number of anilines is 2. The maximum absolute atomic E-state index is 12.0. The Bertz CT molecular complexity index is 963. The van der Waals surface area contributed by atoms with Crippen molar-refractivity contribution in [2.45, 2.75) is 13.8 Å². The number of carbonyl (C=O) groups excluding carboxylic acids is 1. The number of nitrogens with one attached hydrogen (secondary N) is 2. The van der Waals surface area contributed by atoms with Gasteiger partial charge in [0.1, 0.15) is 11.4 Å². The molecule has 0 aliphatic carbocycles. The van der Waals surface area contributed by atoms with Crippen LogP contribution in [0.25, 0.3) is 11.0 Å². The van der Waals surface area contributed by atoms with Crippen molar-refractivity contribution in [1.29, 1.82) is 0 Å². The highest BCUT2D eigenvalue weighted by Crippen LogP contribution is 2.20. The van der Waals surface area contributed by atoms with Crippen molar-refractivity contribution in [2.24, 2.45) is 0 Å². The number of nitrogens with zero attached hydrogens (tertiary/aromatic N) is 1. The maximum Gasteiger partial charge on any atom is 0.336 e. The fourth-order valence-corrected chi connectivity index (χ4v) is 2.42. The standard InChI is InChI=1S/C18H17N3O3/c1-11-8-18(23)24-15-9-13(6-7-14(11)15)21-17(22)10-19-16-5-3-4-12(2)20-16/h3-9H,10H2,1-2H3,(H,19,20)(H,21,22). The molecule has 2 aromatic heterocycles. The lowest BCUT2D eigenvalue weighted by Crippen LogP contribution is -2.22. The molecule has 0 saturated carbocycles. The van der Waals surface area contributed by atoms with Crippen LogP contribution in [0.3, 0.4) is 0 Å². The summed E-state index contributed by atoms with van der Waals surface area (Å²) in [5.74, 6) is 0.429. The molecule has 1 amide bonds. The summed E-state index contributed by atoms with van der Waals surface area (Å²) in [4.78, 5) is 27.8. The molecule has 0 fully saturated rings. The summed E-state index contributed by atoms with van der Waals surface area (Å²) in [5, 5.41) is 6.57. The zero-order valence-electron chi connectivity index (χ0n) is 13.4. The van der Waals surface area contributed by atoms with Crippen molar-refractivity contribution in [3.05, 3.63) is 64.1 Å². The number of rotatable bonds is 4. The van der Waals surface area contributed by atoms with E-state index in [1.165, 1.54) is 6.07 Å². The highest BCUT2D eigenvalue weighted by Gasteiger charge is 2.07. The Balaban J connectivity index is 1.70. The van der Waals surface area contributed by atoms with Gasteiger partial charge in [0, 0.05) is 28.9 Å². The predicted molar refractivity (Wildman–Crippen MR) is 93.3 cm³/mol. The summed E-state index contributed by atoms with van der Waals surface area (Å²) in [6.45, 7) is 3.82. The van der Waals surface area contributed by atoms with Crippen LogP contribution < -0.4 is 16.3 Å². The van der Waals surface area contributed by atoms with E-state index in [9.17, 15) is 9.59 Å². The van der Waals surface area contributed by atoms with Crippen LogP contribution in [0, 0.1) is 13.8 Å². The lowest BCUT2D eigenvalue weighted by Gasteiger charge is -2.08. The second-order valence-corrected chi connectivity index (χ2v) is 5.53. The van der Waals surface area contributed by atoms with E-state index in [0.29, 0.717) is 17.1 Å². The molecular weight excluding hydrogens is 306 g/mol. The third-order valence-electron chi connectivity index (χ3n) is 3.55. The van der Waals surface area contributed by atoms with Gasteiger partial charge in [-0.2, -0.15) is 0 Å². The summed E-state index contributed by atoms with van der Waals surface area (Å²) >= 11 is 0. The minimum atomic E-state index is -0.407. The molecule has 0 unspecified atom stereocenters. The number of hydrogen-bond donors (Lipinski definition) is 2. The molecule has 3 aromatic rings. The molecule has 1 aromatic carbocycles. The molecule has 0 aliphatic heterocycles. The largest absolute Gasteiger partial charge is 0.423 e. The van der Waals surface area contributed by atoms with E-state index in [4.69, 9.17) is 4.42 Å². The Morgan fingerprint density at radius 1 is 1.17 bits per heavy atom. The van der Waals surface area contributed by atoms with Crippen LogP contribution in [0.2, 0.25) is 0 Å². The van der Waals surface area contributed by atoms with E-state index in [1.807, 2.05) is 32.0 Å². The zero-order chi connectivity index (χ0) is 17.1. The quantitative estimate of drug-likeness (QED) is 0.721. The molecule has 0 radical (unpaired) electrons. The van der Waals surface area contributed by atoms with Gasteiger partial charge in [0.2, 0.25) is 5.91 Å². The Morgan fingerprint density at radius 3 is 2.79 bits per heavy atom. The number of amides is 1. The van der Waals surface area contributed by atoms with Gasteiger partial charge in [0.15, 0.2) is 0 Å². The Hall–Kier alpha value is -3.15. The number of carbonyl (C=O) groups is 1. The van der Waals surface area contributed by atoms with E-state index >= 15 is 0 Å². The Kier molecular flexibility index (Phi) is 4.29. The zero-order valence-corrected chi connectivity index (χ0v) is 13.4. The van der Waals surface area contributed by atoms with Gasteiger partial charge in [0.05, 0.1) is 6.54 Å². The van der Waals surface area contributed by atoms with E-state index in [0.717, 1.165) is 16.6 Å². The van der Waals surface area contributed by atoms with E-state index in [1.54, 1.807) is 18.2 Å². The fourth-order valence-electron chi connectivity index (χ4n) is 2.42. The first-order valence-electron chi connectivity index (χ1n) is 7.53. The molecular formula is C18H17N3O3. The number of fused-ring (bicyclic) bond motifs is 1. The summed E-state index contributed by atoms with van der Waals surface area (Å²) in [7, 11) is 0. The van der Waals surface area contributed by atoms with E-state index < -0.39 is 5.63 Å². The smallest absolute Gasteiger partial charge is 0.336 e. The molecule has 0 atom stereocenters. The molecule has 122 valence electrons. The van der Waals surface area contributed by atoms with Gasteiger partial charge in [-0.05, 0) is 43.7 Å². The average molecular weight is 323 g/mol. The molecule has 2 heterocycles. The van der Waals surface area contributed by atoms with Gasteiger partial charge >= 0.3 is 5.63 Å². The van der Waals surface area contributed by atoms with Gasteiger partial charge in [-0.3, -0.25) is 4.79 Å². The van der Waals surface area contributed by atoms with Crippen molar-refractivity contribution >= 4 is 28.4 Å². The number of pyridine rings is 1. The monoisotopic (exact) mass is 323 g/mol. The van der Waals surface area contributed by atoms with Crippen LogP contribution in [-0.4, -0.2) is 17.4 Å². The predicted octanol–water partition coefficient (Wildman–Crippen LogP) is 2.86. The minimum Gasteiger partial charge on any atom is -0.423 e. The molecule has 0 spiro atoms. The number of benzene rings is 1. The highest BCUT2D eigenvalue weighted by molar-refractivity contribution is 5.95. The normalized spacial score (nSPS) is 10.6. The van der Waals surface area contributed by atoms with Crippen molar-refractivity contribution in [2.75, 3.05) is 17.2 Å². The molecule has 6 heteroatoms. The SMILES string of the molecule is Cc1cccc(NCC(=O)Nc2ccc3c(C)cc(=O)oc3c2)n1. The van der Waals surface area contributed by atoms with Gasteiger partial charge < -0.3 is 15.1 Å². The lowest BCUT2D eigenvalue weighted by molar-refractivity contribution is -0.114. The number of aryl methyl sites for hydroxylation is 2. The molecule has 2 N–H and O–H groups in total. The lowest BCUT2D eigenvalue weighted by atomic mass is 10.1. The van der Waals surface area contributed by atoms with Crippen LogP contribution in [-0.2, 0) is 4.79 Å². The van der Waals surface area contributed by atoms with Crippen molar-refractivity contribution in [1.82, 2.24) is 4.98 Å². The van der Waals surface area contributed by atoms with E-state index in [2.05, 4.69) is 15.6 Å². The molecule has 0 saturated heterocycles. The minimum absolute atomic E-state index is 0.0895. The first-order valence-corrected chi connectivity index (χ1v) is 7.53. The van der Waals surface area contributed by atoms with Crippen LogP contribution >= 0.6 is 0 Å².